The molecular formula is C17H24N2. The topological polar surface area (TPSA) is 15.3 Å². The molecule has 3 fully saturated rings. The second kappa shape index (κ2) is 4.60. The van der Waals surface area contributed by atoms with E-state index >= 15 is 0 Å². The largest absolute Gasteiger partial charge is 0.316 e. The van der Waals surface area contributed by atoms with Gasteiger partial charge in [-0.1, -0.05) is 24.3 Å². The Bertz CT molecular complexity index is 466. The van der Waals surface area contributed by atoms with Crippen LogP contribution in [0.1, 0.15) is 36.8 Å². The van der Waals surface area contributed by atoms with Crippen molar-refractivity contribution in [3.8, 4) is 0 Å². The van der Waals surface area contributed by atoms with Gasteiger partial charge in [0.25, 0.3) is 0 Å². The van der Waals surface area contributed by atoms with E-state index in [9.17, 15) is 0 Å². The minimum absolute atomic E-state index is 0.740. The number of benzene rings is 1. The summed E-state index contributed by atoms with van der Waals surface area (Å²) in [5.74, 6) is 2.65. The lowest BCUT2D eigenvalue weighted by atomic mass is 9.95. The molecule has 19 heavy (non-hydrogen) atoms. The Balaban J connectivity index is 1.47. The van der Waals surface area contributed by atoms with E-state index in [0.717, 1.165) is 30.3 Å². The van der Waals surface area contributed by atoms with Crippen LogP contribution in [0.25, 0.3) is 0 Å². The number of nitrogens with zero attached hydrogens (tertiary/aromatic N) is 1. The van der Waals surface area contributed by atoms with Crippen molar-refractivity contribution >= 4 is 0 Å². The van der Waals surface area contributed by atoms with E-state index in [1.807, 2.05) is 0 Å². The lowest BCUT2D eigenvalue weighted by Crippen LogP contribution is -2.32. The van der Waals surface area contributed by atoms with E-state index in [4.69, 9.17) is 0 Å². The summed E-state index contributed by atoms with van der Waals surface area (Å²) in [6, 6.07) is 10.1. The fourth-order valence-corrected chi connectivity index (χ4v) is 4.06. The highest BCUT2D eigenvalue weighted by atomic mass is 15.2. The van der Waals surface area contributed by atoms with Crippen molar-refractivity contribution in [1.29, 1.82) is 0 Å². The Morgan fingerprint density at radius 1 is 1.26 bits per heavy atom. The molecule has 0 radical (unpaired) electrons. The molecule has 2 heterocycles. The summed E-state index contributed by atoms with van der Waals surface area (Å²) < 4.78 is 0. The molecule has 4 rings (SSSR count). The standard InChI is InChI=1S/C17H24N2/c1-12-17-9-18-8-16(17)11-19(12)10-13-3-2-4-15(7-13)14-5-6-14/h2-4,7,12,14,16-18H,5-6,8-11H2,1H3. The Labute approximate surface area is 116 Å². The van der Waals surface area contributed by atoms with Crippen molar-refractivity contribution in [3.05, 3.63) is 35.4 Å². The van der Waals surface area contributed by atoms with Gasteiger partial charge in [-0.3, -0.25) is 4.90 Å². The Kier molecular flexibility index (Phi) is 2.89. The van der Waals surface area contributed by atoms with Gasteiger partial charge in [0, 0.05) is 19.1 Å². The molecule has 0 amide bonds. The zero-order valence-corrected chi connectivity index (χ0v) is 11.8. The number of nitrogens with one attached hydrogen (secondary N) is 1. The van der Waals surface area contributed by atoms with Gasteiger partial charge in [0.2, 0.25) is 0 Å². The number of likely N-dealkylation sites (tertiary alicyclic amines) is 1. The van der Waals surface area contributed by atoms with Crippen molar-refractivity contribution in [3.63, 3.8) is 0 Å². The van der Waals surface area contributed by atoms with Crippen molar-refractivity contribution in [1.82, 2.24) is 10.2 Å². The minimum atomic E-state index is 0.740. The maximum absolute atomic E-state index is 3.54. The molecule has 0 bridgehead atoms. The van der Waals surface area contributed by atoms with Crippen LogP contribution >= 0.6 is 0 Å². The Morgan fingerprint density at radius 3 is 2.95 bits per heavy atom. The van der Waals surface area contributed by atoms with Crippen LogP contribution in [0.3, 0.4) is 0 Å². The first kappa shape index (κ1) is 11.9. The third-order valence-corrected chi connectivity index (χ3v) is 5.44. The van der Waals surface area contributed by atoms with Crippen molar-refractivity contribution < 1.29 is 0 Å². The van der Waals surface area contributed by atoms with Gasteiger partial charge in [-0.2, -0.15) is 0 Å². The maximum atomic E-state index is 3.54. The highest BCUT2D eigenvalue weighted by Crippen LogP contribution is 2.40. The van der Waals surface area contributed by atoms with E-state index < -0.39 is 0 Å². The number of fused-ring (bicyclic) bond motifs is 1. The molecule has 3 atom stereocenters. The summed E-state index contributed by atoms with van der Waals surface area (Å²) >= 11 is 0. The highest BCUT2D eigenvalue weighted by molar-refractivity contribution is 5.29. The number of rotatable bonds is 3. The predicted octanol–water partition coefficient (Wildman–Crippen LogP) is 2.60. The molecule has 1 aliphatic carbocycles. The van der Waals surface area contributed by atoms with E-state index in [0.29, 0.717) is 0 Å². The summed E-state index contributed by atoms with van der Waals surface area (Å²) in [7, 11) is 0. The van der Waals surface area contributed by atoms with Gasteiger partial charge in [0.05, 0.1) is 0 Å². The Morgan fingerprint density at radius 2 is 2.16 bits per heavy atom. The summed E-state index contributed by atoms with van der Waals surface area (Å²) in [5.41, 5.74) is 3.09. The van der Waals surface area contributed by atoms with Crippen molar-refractivity contribution in [2.75, 3.05) is 19.6 Å². The van der Waals surface area contributed by atoms with Crippen LogP contribution in [0.2, 0.25) is 0 Å². The van der Waals surface area contributed by atoms with Gasteiger partial charge < -0.3 is 5.32 Å². The molecule has 2 aliphatic heterocycles. The van der Waals surface area contributed by atoms with E-state index in [-0.39, 0.29) is 0 Å². The lowest BCUT2D eigenvalue weighted by Gasteiger charge is -2.24. The fraction of sp³-hybridized carbons (Fsp3) is 0.647. The first-order valence-electron chi connectivity index (χ1n) is 7.85. The van der Waals surface area contributed by atoms with Gasteiger partial charge in [0.1, 0.15) is 0 Å². The normalized spacial score (nSPS) is 34.7. The first-order valence-corrected chi connectivity index (χ1v) is 7.85. The summed E-state index contributed by atoms with van der Waals surface area (Å²) in [5, 5.41) is 3.54. The molecule has 1 aromatic rings. The third kappa shape index (κ3) is 2.21. The molecule has 3 unspecified atom stereocenters. The van der Waals surface area contributed by atoms with Crippen LogP contribution in [0.15, 0.2) is 24.3 Å². The molecule has 2 nitrogen and oxygen atoms in total. The van der Waals surface area contributed by atoms with Gasteiger partial charge in [0.15, 0.2) is 0 Å². The van der Waals surface area contributed by atoms with E-state index in [2.05, 4.69) is 41.4 Å². The maximum Gasteiger partial charge on any atom is 0.0236 e. The average molecular weight is 256 g/mol. The molecular weight excluding hydrogens is 232 g/mol. The van der Waals surface area contributed by atoms with Crippen LogP contribution in [-0.4, -0.2) is 30.6 Å². The van der Waals surface area contributed by atoms with Gasteiger partial charge in [-0.15, -0.1) is 0 Å². The van der Waals surface area contributed by atoms with Crippen LogP contribution in [0.4, 0.5) is 0 Å². The van der Waals surface area contributed by atoms with Gasteiger partial charge in [-0.05, 0) is 61.7 Å². The average Bonchev–Trinajstić information content (AvgIpc) is 3.11. The summed E-state index contributed by atoms with van der Waals surface area (Å²) in [6.07, 6.45) is 2.80. The highest BCUT2D eigenvalue weighted by Gasteiger charge is 2.41. The number of hydrogen-bond acceptors (Lipinski definition) is 2. The Hall–Kier alpha value is -0.860. The van der Waals surface area contributed by atoms with Crippen LogP contribution in [0, 0.1) is 11.8 Å². The zero-order chi connectivity index (χ0) is 12.8. The second-order valence-corrected chi connectivity index (χ2v) is 6.77. The molecule has 1 saturated carbocycles. The van der Waals surface area contributed by atoms with Crippen molar-refractivity contribution in [2.24, 2.45) is 11.8 Å². The van der Waals surface area contributed by atoms with E-state index in [1.54, 1.807) is 5.56 Å². The molecule has 1 aromatic carbocycles. The van der Waals surface area contributed by atoms with E-state index in [1.165, 1.54) is 38.0 Å². The predicted molar refractivity (Wildman–Crippen MR) is 78.1 cm³/mol. The summed E-state index contributed by atoms with van der Waals surface area (Å²) in [6.45, 7) is 7.31. The molecule has 2 heteroatoms. The first-order chi connectivity index (χ1) is 9.31. The molecule has 0 aromatic heterocycles. The smallest absolute Gasteiger partial charge is 0.0236 e. The van der Waals surface area contributed by atoms with Crippen molar-refractivity contribution in [2.45, 2.75) is 38.3 Å². The molecule has 3 aliphatic rings. The quantitative estimate of drug-likeness (QED) is 0.894. The molecule has 102 valence electrons. The summed E-state index contributed by atoms with van der Waals surface area (Å²) in [4.78, 5) is 2.70. The minimum Gasteiger partial charge on any atom is -0.316 e. The fourth-order valence-electron chi connectivity index (χ4n) is 4.06. The lowest BCUT2D eigenvalue weighted by molar-refractivity contribution is 0.231. The van der Waals surface area contributed by atoms with Crippen LogP contribution < -0.4 is 5.32 Å². The van der Waals surface area contributed by atoms with Crippen LogP contribution in [-0.2, 0) is 6.54 Å². The SMILES string of the molecule is CC1C2CNCC2CN1Cc1cccc(C2CC2)c1. The van der Waals surface area contributed by atoms with Crippen LogP contribution in [0.5, 0.6) is 0 Å². The molecule has 2 saturated heterocycles. The number of hydrogen-bond donors (Lipinski definition) is 1. The monoisotopic (exact) mass is 256 g/mol. The zero-order valence-electron chi connectivity index (χ0n) is 11.8. The third-order valence-electron chi connectivity index (χ3n) is 5.44. The second-order valence-electron chi connectivity index (χ2n) is 6.77. The molecule has 1 N–H and O–H groups in total. The molecule has 0 spiro atoms. The van der Waals surface area contributed by atoms with Gasteiger partial charge in [-0.25, -0.2) is 0 Å². The van der Waals surface area contributed by atoms with Gasteiger partial charge >= 0.3 is 0 Å².